The standard InChI is InChI=1S/C13H10N2O2/c1-17-11-4-2-9(3-5-11)12-6-10(7-14)13(16)8-15-12/h2-6,8,16H,1H3. The van der Waals surface area contributed by atoms with Gasteiger partial charge in [0, 0.05) is 5.56 Å². The lowest BCUT2D eigenvalue weighted by Crippen LogP contribution is -1.87. The van der Waals surface area contributed by atoms with Crippen molar-refractivity contribution in [3.8, 4) is 28.8 Å². The van der Waals surface area contributed by atoms with Crippen molar-refractivity contribution in [2.45, 2.75) is 0 Å². The molecule has 2 rings (SSSR count). The first-order valence-corrected chi connectivity index (χ1v) is 4.98. The average molecular weight is 226 g/mol. The lowest BCUT2D eigenvalue weighted by atomic mass is 10.1. The van der Waals surface area contributed by atoms with Crippen LogP contribution in [0.4, 0.5) is 0 Å². The first-order valence-electron chi connectivity index (χ1n) is 4.98. The number of pyridine rings is 1. The van der Waals surface area contributed by atoms with E-state index in [2.05, 4.69) is 4.98 Å². The van der Waals surface area contributed by atoms with Gasteiger partial charge in [0.15, 0.2) is 5.75 Å². The summed E-state index contributed by atoms with van der Waals surface area (Å²) < 4.78 is 5.06. The SMILES string of the molecule is COc1ccc(-c2cc(C#N)c(O)cn2)cc1. The van der Waals surface area contributed by atoms with E-state index in [0.717, 1.165) is 11.3 Å². The molecule has 1 N–H and O–H groups in total. The van der Waals surface area contributed by atoms with Crippen LogP contribution < -0.4 is 4.74 Å². The summed E-state index contributed by atoms with van der Waals surface area (Å²) in [6.07, 6.45) is 1.28. The number of benzene rings is 1. The molecule has 0 amide bonds. The zero-order valence-corrected chi connectivity index (χ0v) is 9.21. The highest BCUT2D eigenvalue weighted by Gasteiger charge is 2.05. The molecule has 4 heteroatoms. The Morgan fingerprint density at radius 1 is 1.29 bits per heavy atom. The van der Waals surface area contributed by atoms with Crippen LogP contribution in [-0.2, 0) is 0 Å². The highest BCUT2D eigenvalue weighted by atomic mass is 16.5. The summed E-state index contributed by atoms with van der Waals surface area (Å²) in [5.74, 6) is 0.651. The largest absolute Gasteiger partial charge is 0.505 e. The molecule has 0 saturated heterocycles. The number of methoxy groups -OCH3 is 1. The Bertz CT molecular complexity index is 571. The minimum atomic E-state index is -0.107. The lowest BCUT2D eigenvalue weighted by molar-refractivity contribution is 0.415. The fourth-order valence-corrected chi connectivity index (χ4v) is 1.46. The average Bonchev–Trinajstić information content (AvgIpc) is 2.39. The number of aromatic nitrogens is 1. The van der Waals surface area contributed by atoms with Gasteiger partial charge in [-0.15, -0.1) is 0 Å². The van der Waals surface area contributed by atoms with Gasteiger partial charge in [0.05, 0.1) is 24.6 Å². The molecule has 0 fully saturated rings. The molecule has 1 aromatic heterocycles. The van der Waals surface area contributed by atoms with E-state index >= 15 is 0 Å². The molecule has 0 aliphatic heterocycles. The third-order valence-electron chi connectivity index (χ3n) is 2.39. The Labute approximate surface area is 98.7 Å². The van der Waals surface area contributed by atoms with Gasteiger partial charge in [0.25, 0.3) is 0 Å². The molecule has 84 valence electrons. The van der Waals surface area contributed by atoms with Gasteiger partial charge < -0.3 is 9.84 Å². The van der Waals surface area contributed by atoms with Crippen LogP contribution in [0.25, 0.3) is 11.3 Å². The van der Waals surface area contributed by atoms with Crippen LogP contribution in [0.3, 0.4) is 0 Å². The van der Waals surface area contributed by atoms with E-state index in [1.165, 1.54) is 6.20 Å². The molecule has 0 radical (unpaired) electrons. The monoisotopic (exact) mass is 226 g/mol. The first kappa shape index (κ1) is 11.0. The summed E-state index contributed by atoms with van der Waals surface area (Å²) in [4.78, 5) is 4.07. The highest BCUT2D eigenvalue weighted by molar-refractivity contribution is 5.63. The molecule has 0 aliphatic rings. The van der Waals surface area contributed by atoms with E-state index in [1.807, 2.05) is 30.3 Å². The van der Waals surface area contributed by atoms with Crippen LogP contribution in [0, 0.1) is 11.3 Å². The molecule has 17 heavy (non-hydrogen) atoms. The van der Waals surface area contributed by atoms with Gasteiger partial charge in [0.2, 0.25) is 0 Å². The molecule has 0 aliphatic carbocycles. The van der Waals surface area contributed by atoms with Crippen LogP contribution in [-0.4, -0.2) is 17.2 Å². The molecule has 0 atom stereocenters. The van der Waals surface area contributed by atoms with Gasteiger partial charge in [-0.3, -0.25) is 4.98 Å². The predicted octanol–water partition coefficient (Wildman–Crippen LogP) is 2.33. The second-order valence-corrected chi connectivity index (χ2v) is 3.43. The van der Waals surface area contributed by atoms with Crippen molar-refractivity contribution in [1.29, 1.82) is 5.26 Å². The maximum Gasteiger partial charge on any atom is 0.151 e. The van der Waals surface area contributed by atoms with Crippen molar-refractivity contribution in [3.63, 3.8) is 0 Å². The summed E-state index contributed by atoms with van der Waals surface area (Å²) in [6.45, 7) is 0. The molecule has 0 saturated carbocycles. The Morgan fingerprint density at radius 2 is 2.00 bits per heavy atom. The van der Waals surface area contributed by atoms with Gasteiger partial charge in [-0.2, -0.15) is 5.26 Å². The number of nitriles is 1. The second kappa shape index (κ2) is 4.54. The van der Waals surface area contributed by atoms with Crippen LogP contribution in [0.5, 0.6) is 11.5 Å². The zero-order chi connectivity index (χ0) is 12.3. The van der Waals surface area contributed by atoms with Gasteiger partial charge in [-0.25, -0.2) is 0 Å². The smallest absolute Gasteiger partial charge is 0.151 e. The topological polar surface area (TPSA) is 66.1 Å². The number of aromatic hydroxyl groups is 1. The fraction of sp³-hybridized carbons (Fsp3) is 0.0769. The minimum Gasteiger partial charge on any atom is -0.505 e. The summed E-state index contributed by atoms with van der Waals surface area (Å²) in [6, 6.07) is 10.8. The fourth-order valence-electron chi connectivity index (χ4n) is 1.46. The van der Waals surface area contributed by atoms with E-state index in [1.54, 1.807) is 13.2 Å². The van der Waals surface area contributed by atoms with Gasteiger partial charge in [-0.05, 0) is 30.3 Å². The van der Waals surface area contributed by atoms with Crippen LogP contribution in [0.15, 0.2) is 36.5 Å². The molecule has 2 aromatic rings. The molecule has 0 spiro atoms. The van der Waals surface area contributed by atoms with Crippen molar-refractivity contribution in [3.05, 3.63) is 42.1 Å². The van der Waals surface area contributed by atoms with Crippen molar-refractivity contribution < 1.29 is 9.84 Å². The van der Waals surface area contributed by atoms with Crippen molar-refractivity contribution in [1.82, 2.24) is 4.98 Å². The molecule has 1 heterocycles. The number of nitrogens with zero attached hydrogens (tertiary/aromatic N) is 2. The Kier molecular flexibility index (Phi) is 2.93. The number of hydrogen-bond donors (Lipinski definition) is 1. The normalized spacial score (nSPS) is 9.65. The van der Waals surface area contributed by atoms with Crippen molar-refractivity contribution >= 4 is 0 Å². The van der Waals surface area contributed by atoms with Crippen LogP contribution in [0.1, 0.15) is 5.56 Å². The molecular formula is C13H10N2O2. The Hall–Kier alpha value is -2.54. The second-order valence-electron chi connectivity index (χ2n) is 3.43. The summed E-state index contributed by atoms with van der Waals surface area (Å²) >= 11 is 0. The van der Waals surface area contributed by atoms with Gasteiger partial charge >= 0.3 is 0 Å². The van der Waals surface area contributed by atoms with Gasteiger partial charge in [0.1, 0.15) is 11.8 Å². The molecule has 0 bridgehead atoms. The third-order valence-corrected chi connectivity index (χ3v) is 2.39. The molecule has 4 nitrogen and oxygen atoms in total. The lowest BCUT2D eigenvalue weighted by Gasteiger charge is -2.04. The Balaban J connectivity index is 2.43. The van der Waals surface area contributed by atoms with Crippen LogP contribution in [0.2, 0.25) is 0 Å². The van der Waals surface area contributed by atoms with E-state index in [9.17, 15) is 5.11 Å². The highest BCUT2D eigenvalue weighted by Crippen LogP contribution is 2.24. The maximum absolute atomic E-state index is 9.36. The number of ether oxygens (including phenoxy) is 1. The predicted molar refractivity (Wildman–Crippen MR) is 62.6 cm³/mol. The van der Waals surface area contributed by atoms with Gasteiger partial charge in [-0.1, -0.05) is 0 Å². The van der Waals surface area contributed by atoms with E-state index in [-0.39, 0.29) is 11.3 Å². The zero-order valence-electron chi connectivity index (χ0n) is 9.21. The van der Waals surface area contributed by atoms with Crippen molar-refractivity contribution in [2.24, 2.45) is 0 Å². The molecule has 1 aromatic carbocycles. The maximum atomic E-state index is 9.36. The minimum absolute atomic E-state index is 0.107. The summed E-state index contributed by atoms with van der Waals surface area (Å²) in [5, 5.41) is 18.2. The van der Waals surface area contributed by atoms with E-state index in [4.69, 9.17) is 10.00 Å². The third kappa shape index (κ3) is 2.18. The molecular weight excluding hydrogens is 216 g/mol. The number of hydrogen-bond acceptors (Lipinski definition) is 4. The van der Waals surface area contributed by atoms with E-state index < -0.39 is 0 Å². The van der Waals surface area contributed by atoms with Crippen LogP contribution >= 0.6 is 0 Å². The molecule has 0 unspecified atom stereocenters. The van der Waals surface area contributed by atoms with Crippen molar-refractivity contribution in [2.75, 3.05) is 7.11 Å². The summed E-state index contributed by atoms with van der Waals surface area (Å²) in [5.41, 5.74) is 1.72. The van der Waals surface area contributed by atoms with E-state index in [0.29, 0.717) is 5.69 Å². The first-order chi connectivity index (χ1) is 8.24. The quantitative estimate of drug-likeness (QED) is 0.853. The summed E-state index contributed by atoms with van der Waals surface area (Å²) in [7, 11) is 1.60. The number of rotatable bonds is 2. The Morgan fingerprint density at radius 3 is 2.59 bits per heavy atom.